The van der Waals surface area contributed by atoms with Gasteiger partial charge in [-0.1, -0.05) is 25.1 Å². The average molecular weight is 262 g/mol. The highest BCUT2D eigenvalue weighted by Crippen LogP contribution is 2.25. The van der Waals surface area contributed by atoms with Gasteiger partial charge in [-0.3, -0.25) is 4.57 Å². The number of para-hydroxylation sites is 1. The first kappa shape index (κ1) is 12.2. The monoisotopic (exact) mass is 262 g/mol. The lowest BCUT2D eigenvalue weighted by Crippen LogP contribution is -2.00. The second-order valence-corrected chi connectivity index (χ2v) is 4.61. The van der Waals surface area contributed by atoms with Crippen molar-refractivity contribution in [2.24, 2.45) is 0 Å². The van der Waals surface area contributed by atoms with Gasteiger partial charge >= 0.3 is 0 Å². The van der Waals surface area contributed by atoms with Crippen molar-refractivity contribution in [2.75, 3.05) is 5.73 Å². The maximum atomic E-state index is 9.13. The van der Waals surface area contributed by atoms with Gasteiger partial charge in [-0.25, -0.2) is 4.98 Å². The van der Waals surface area contributed by atoms with E-state index in [4.69, 9.17) is 11.0 Å². The zero-order valence-electron chi connectivity index (χ0n) is 11.2. The maximum absolute atomic E-state index is 9.13. The molecule has 0 saturated heterocycles. The minimum Gasteiger partial charge on any atom is -0.369 e. The van der Waals surface area contributed by atoms with Crippen molar-refractivity contribution in [3.8, 4) is 11.8 Å². The molecule has 0 saturated carbocycles. The van der Waals surface area contributed by atoms with Gasteiger partial charge in [0.15, 0.2) is 0 Å². The summed E-state index contributed by atoms with van der Waals surface area (Å²) in [5.74, 6) is 0.395. The van der Waals surface area contributed by atoms with Crippen molar-refractivity contribution in [3.05, 3.63) is 53.6 Å². The van der Waals surface area contributed by atoms with Crippen LogP contribution in [0.15, 0.2) is 42.5 Å². The summed E-state index contributed by atoms with van der Waals surface area (Å²) in [6, 6.07) is 15.9. The molecule has 1 aromatic heterocycles. The Kier molecular flexibility index (Phi) is 2.88. The second kappa shape index (κ2) is 4.71. The molecule has 0 aliphatic rings. The molecule has 98 valence electrons. The van der Waals surface area contributed by atoms with Gasteiger partial charge in [0.05, 0.1) is 11.1 Å². The smallest absolute Gasteiger partial charge is 0.205 e. The van der Waals surface area contributed by atoms with E-state index in [1.165, 1.54) is 5.56 Å². The molecule has 0 bridgehead atoms. The van der Waals surface area contributed by atoms with E-state index in [2.05, 4.69) is 30.1 Å². The first-order chi connectivity index (χ1) is 9.74. The number of rotatable bonds is 2. The summed E-state index contributed by atoms with van der Waals surface area (Å²) in [5.41, 5.74) is 10.3. The maximum Gasteiger partial charge on any atom is 0.205 e. The molecule has 4 nitrogen and oxygen atoms in total. The fourth-order valence-corrected chi connectivity index (χ4v) is 2.36. The molecule has 2 aromatic carbocycles. The van der Waals surface area contributed by atoms with Crippen LogP contribution in [0.3, 0.4) is 0 Å². The van der Waals surface area contributed by atoms with Crippen LogP contribution in [-0.4, -0.2) is 9.55 Å². The Hall–Kier alpha value is -2.80. The highest BCUT2D eigenvalue weighted by atomic mass is 15.2. The van der Waals surface area contributed by atoms with E-state index in [0.29, 0.717) is 17.0 Å². The lowest BCUT2D eigenvalue weighted by molar-refractivity contribution is 1.09. The van der Waals surface area contributed by atoms with Gasteiger partial charge in [-0.05, 0) is 36.2 Å². The van der Waals surface area contributed by atoms with Gasteiger partial charge in [0, 0.05) is 5.69 Å². The number of hydrogen-bond donors (Lipinski definition) is 1. The third kappa shape index (κ3) is 1.81. The van der Waals surface area contributed by atoms with Crippen molar-refractivity contribution in [2.45, 2.75) is 13.3 Å². The normalized spacial score (nSPS) is 10.6. The van der Waals surface area contributed by atoms with Crippen molar-refractivity contribution in [3.63, 3.8) is 0 Å². The fraction of sp³-hybridized carbons (Fsp3) is 0.125. The molecular weight excluding hydrogens is 248 g/mol. The van der Waals surface area contributed by atoms with E-state index < -0.39 is 0 Å². The number of imidazole rings is 1. The number of nitrogen functional groups attached to an aromatic ring is 1. The first-order valence-corrected chi connectivity index (χ1v) is 6.51. The summed E-state index contributed by atoms with van der Waals surface area (Å²) in [6.45, 7) is 2.12. The molecule has 0 amide bonds. The molecule has 0 fully saturated rings. The standard InChI is InChI=1S/C16H14N4/c1-2-11-6-8-13(9-7-11)20-14-5-3-4-12(10-17)15(14)19-16(20)18/h3-9H,2H2,1H3,(H2,18,19). The summed E-state index contributed by atoms with van der Waals surface area (Å²) in [7, 11) is 0. The third-order valence-electron chi connectivity index (χ3n) is 3.43. The summed E-state index contributed by atoms with van der Waals surface area (Å²) >= 11 is 0. The van der Waals surface area contributed by atoms with Crippen LogP contribution in [0, 0.1) is 11.3 Å². The number of aryl methyl sites for hydroxylation is 1. The fourth-order valence-electron chi connectivity index (χ4n) is 2.36. The Bertz CT molecular complexity index is 807. The summed E-state index contributed by atoms with van der Waals surface area (Å²) in [4.78, 5) is 4.32. The van der Waals surface area contributed by atoms with E-state index in [1.54, 1.807) is 6.07 Å². The van der Waals surface area contributed by atoms with Crippen LogP contribution in [0.2, 0.25) is 0 Å². The molecule has 3 aromatic rings. The van der Waals surface area contributed by atoms with Crippen molar-refractivity contribution in [1.82, 2.24) is 9.55 Å². The minimum atomic E-state index is 0.395. The molecule has 0 spiro atoms. The number of benzene rings is 2. The molecule has 4 heteroatoms. The largest absolute Gasteiger partial charge is 0.369 e. The second-order valence-electron chi connectivity index (χ2n) is 4.61. The molecule has 0 atom stereocenters. The first-order valence-electron chi connectivity index (χ1n) is 6.51. The van der Waals surface area contributed by atoms with Crippen LogP contribution < -0.4 is 5.73 Å². The summed E-state index contributed by atoms with van der Waals surface area (Å²) < 4.78 is 1.87. The Labute approximate surface area is 117 Å². The molecule has 0 unspecified atom stereocenters. The topological polar surface area (TPSA) is 67.6 Å². The molecule has 0 aliphatic carbocycles. The van der Waals surface area contributed by atoms with E-state index in [-0.39, 0.29) is 0 Å². The quantitative estimate of drug-likeness (QED) is 0.771. The van der Waals surface area contributed by atoms with Crippen LogP contribution in [0.5, 0.6) is 0 Å². The predicted molar refractivity (Wildman–Crippen MR) is 79.6 cm³/mol. The molecule has 20 heavy (non-hydrogen) atoms. The number of nitrogens with two attached hydrogens (primary N) is 1. The zero-order valence-corrected chi connectivity index (χ0v) is 11.2. The molecule has 2 N–H and O–H groups in total. The van der Waals surface area contributed by atoms with E-state index >= 15 is 0 Å². The van der Waals surface area contributed by atoms with E-state index in [1.807, 2.05) is 28.8 Å². The van der Waals surface area contributed by atoms with Crippen molar-refractivity contribution in [1.29, 1.82) is 5.26 Å². The Morgan fingerprint density at radius 1 is 1.20 bits per heavy atom. The Morgan fingerprint density at radius 2 is 1.95 bits per heavy atom. The van der Waals surface area contributed by atoms with Gasteiger partial charge in [-0.15, -0.1) is 0 Å². The van der Waals surface area contributed by atoms with Crippen molar-refractivity contribution >= 4 is 17.0 Å². The van der Waals surface area contributed by atoms with Gasteiger partial charge < -0.3 is 5.73 Å². The molecule has 0 radical (unpaired) electrons. The van der Waals surface area contributed by atoms with Crippen LogP contribution >= 0.6 is 0 Å². The van der Waals surface area contributed by atoms with Crippen molar-refractivity contribution < 1.29 is 0 Å². The highest BCUT2D eigenvalue weighted by molar-refractivity contribution is 5.85. The number of nitrogens with zero attached hydrogens (tertiary/aromatic N) is 3. The van der Waals surface area contributed by atoms with Crippen LogP contribution in [-0.2, 0) is 6.42 Å². The van der Waals surface area contributed by atoms with E-state index in [9.17, 15) is 0 Å². The number of fused-ring (bicyclic) bond motifs is 1. The average Bonchev–Trinajstić information content (AvgIpc) is 2.83. The van der Waals surface area contributed by atoms with Gasteiger partial charge in [0.1, 0.15) is 11.6 Å². The summed E-state index contributed by atoms with van der Waals surface area (Å²) in [5, 5.41) is 9.13. The van der Waals surface area contributed by atoms with Gasteiger partial charge in [0.2, 0.25) is 5.95 Å². The molecular formula is C16H14N4. The number of nitriles is 1. The Balaban J connectivity index is 2.25. The lowest BCUT2D eigenvalue weighted by Gasteiger charge is -2.07. The molecule has 0 aliphatic heterocycles. The van der Waals surface area contributed by atoms with E-state index in [0.717, 1.165) is 17.6 Å². The van der Waals surface area contributed by atoms with Gasteiger partial charge in [-0.2, -0.15) is 5.26 Å². The number of hydrogen-bond acceptors (Lipinski definition) is 3. The zero-order chi connectivity index (χ0) is 14.1. The molecule has 3 rings (SSSR count). The minimum absolute atomic E-state index is 0.395. The predicted octanol–water partition coefficient (Wildman–Crippen LogP) is 3.04. The summed E-state index contributed by atoms with van der Waals surface area (Å²) in [6.07, 6.45) is 0.999. The van der Waals surface area contributed by atoms with Crippen LogP contribution in [0.1, 0.15) is 18.1 Å². The third-order valence-corrected chi connectivity index (χ3v) is 3.43. The van der Waals surface area contributed by atoms with Gasteiger partial charge in [0.25, 0.3) is 0 Å². The van der Waals surface area contributed by atoms with Crippen LogP contribution in [0.25, 0.3) is 16.7 Å². The lowest BCUT2D eigenvalue weighted by atomic mass is 10.1. The molecule has 1 heterocycles. The highest BCUT2D eigenvalue weighted by Gasteiger charge is 2.12. The van der Waals surface area contributed by atoms with Crippen LogP contribution in [0.4, 0.5) is 5.95 Å². The Morgan fingerprint density at radius 3 is 2.60 bits per heavy atom. The number of anilines is 1. The SMILES string of the molecule is CCc1ccc(-n2c(N)nc3c(C#N)cccc32)cc1. The number of aromatic nitrogens is 2.